The quantitative estimate of drug-likeness (QED) is 0.794. The SMILES string of the molecule is Cc1oc(-c2ccc3ccccc3c2)nc1CN(C)C1CC(O)C1. The van der Waals surface area contributed by atoms with Gasteiger partial charge in [0.15, 0.2) is 0 Å². The van der Waals surface area contributed by atoms with E-state index < -0.39 is 0 Å². The number of aromatic nitrogens is 1. The number of aliphatic hydroxyl groups is 1. The first-order chi connectivity index (χ1) is 11.6. The van der Waals surface area contributed by atoms with E-state index in [0.29, 0.717) is 11.9 Å². The Morgan fingerprint density at radius 3 is 2.67 bits per heavy atom. The minimum atomic E-state index is -0.135. The molecule has 3 aromatic rings. The third-order valence-corrected chi connectivity index (χ3v) is 5.00. The standard InChI is InChI=1S/C20H22N2O2/c1-13-19(12-22(2)17-10-18(23)11-17)21-20(24-13)16-8-7-14-5-3-4-6-15(14)9-16/h3-9,17-18,23H,10-12H2,1-2H3. The van der Waals surface area contributed by atoms with Crippen LogP contribution in [0.3, 0.4) is 0 Å². The fraction of sp³-hybridized carbons (Fsp3) is 0.350. The molecule has 4 rings (SSSR count). The summed E-state index contributed by atoms with van der Waals surface area (Å²) in [5.74, 6) is 1.54. The number of aryl methyl sites for hydroxylation is 1. The van der Waals surface area contributed by atoms with Crippen molar-refractivity contribution in [2.75, 3.05) is 7.05 Å². The molecular weight excluding hydrogens is 300 g/mol. The number of hydrogen-bond donors (Lipinski definition) is 1. The highest BCUT2D eigenvalue weighted by atomic mass is 16.4. The van der Waals surface area contributed by atoms with Crippen molar-refractivity contribution >= 4 is 10.8 Å². The predicted octanol–water partition coefficient (Wildman–Crippen LogP) is 3.76. The number of fused-ring (bicyclic) bond motifs is 1. The van der Waals surface area contributed by atoms with E-state index in [1.54, 1.807) is 0 Å². The molecule has 1 saturated carbocycles. The summed E-state index contributed by atoms with van der Waals surface area (Å²) >= 11 is 0. The fourth-order valence-corrected chi connectivity index (χ4v) is 3.30. The van der Waals surface area contributed by atoms with Gasteiger partial charge in [-0.1, -0.05) is 30.3 Å². The number of oxazole rings is 1. The first-order valence-electron chi connectivity index (χ1n) is 8.44. The lowest BCUT2D eigenvalue weighted by Gasteiger charge is -2.38. The Morgan fingerprint density at radius 1 is 1.17 bits per heavy atom. The van der Waals surface area contributed by atoms with Crippen LogP contribution in [0.25, 0.3) is 22.2 Å². The lowest BCUT2D eigenvalue weighted by atomic mass is 9.88. The van der Waals surface area contributed by atoms with Gasteiger partial charge < -0.3 is 9.52 Å². The minimum absolute atomic E-state index is 0.135. The van der Waals surface area contributed by atoms with Crippen molar-refractivity contribution in [2.24, 2.45) is 0 Å². The average molecular weight is 322 g/mol. The van der Waals surface area contributed by atoms with Crippen LogP contribution in [0.1, 0.15) is 24.3 Å². The molecule has 2 aromatic carbocycles. The van der Waals surface area contributed by atoms with Crippen molar-refractivity contribution in [3.05, 3.63) is 53.9 Å². The molecule has 0 unspecified atom stereocenters. The number of aliphatic hydroxyl groups excluding tert-OH is 1. The molecule has 0 aliphatic heterocycles. The van der Waals surface area contributed by atoms with Crippen molar-refractivity contribution < 1.29 is 9.52 Å². The fourth-order valence-electron chi connectivity index (χ4n) is 3.30. The second-order valence-electron chi connectivity index (χ2n) is 6.78. The molecule has 4 heteroatoms. The van der Waals surface area contributed by atoms with Crippen LogP contribution in [0.2, 0.25) is 0 Å². The lowest BCUT2D eigenvalue weighted by molar-refractivity contribution is 0.00877. The summed E-state index contributed by atoms with van der Waals surface area (Å²) in [4.78, 5) is 6.97. The highest BCUT2D eigenvalue weighted by molar-refractivity contribution is 5.86. The van der Waals surface area contributed by atoms with Gasteiger partial charge in [0.2, 0.25) is 5.89 Å². The van der Waals surface area contributed by atoms with Gasteiger partial charge in [0.1, 0.15) is 5.76 Å². The second kappa shape index (κ2) is 6.04. The van der Waals surface area contributed by atoms with Crippen LogP contribution in [0.4, 0.5) is 0 Å². The summed E-state index contributed by atoms with van der Waals surface area (Å²) in [7, 11) is 2.08. The highest BCUT2D eigenvalue weighted by Crippen LogP contribution is 2.28. The van der Waals surface area contributed by atoms with Crippen molar-refractivity contribution in [3.8, 4) is 11.5 Å². The summed E-state index contributed by atoms with van der Waals surface area (Å²) < 4.78 is 5.92. The van der Waals surface area contributed by atoms with E-state index in [9.17, 15) is 5.11 Å². The molecule has 1 fully saturated rings. The maximum Gasteiger partial charge on any atom is 0.226 e. The molecule has 1 N–H and O–H groups in total. The van der Waals surface area contributed by atoms with Gasteiger partial charge in [-0.25, -0.2) is 4.98 Å². The lowest BCUT2D eigenvalue weighted by Crippen LogP contribution is -2.44. The number of hydrogen-bond acceptors (Lipinski definition) is 4. The molecule has 0 saturated heterocycles. The van der Waals surface area contributed by atoms with E-state index in [4.69, 9.17) is 9.40 Å². The maximum atomic E-state index is 9.47. The van der Waals surface area contributed by atoms with Crippen LogP contribution < -0.4 is 0 Å². The summed E-state index contributed by atoms with van der Waals surface area (Å²) in [5.41, 5.74) is 1.98. The van der Waals surface area contributed by atoms with Gasteiger partial charge in [0.25, 0.3) is 0 Å². The van der Waals surface area contributed by atoms with Crippen LogP contribution >= 0.6 is 0 Å². The number of benzene rings is 2. The zero-order chi connectivity index (χ0) is 16.7. The number of nitrogens with zero attached hydrogens (tertiary/aromatic N) is 2. The maximum absolute atomic E-state index is 9.47. The molecule has 0 bridgehead atoms. The normalized spacial score (nSPS) is 20.5. The van der Waals surface area contributed by atoms with Gasteiger partial charge >= 0.3 is 0 Å². The van der Waals surface area contributed by atoms with E-state index >= 15 is 0 Å². The highest BCUT2D eigenvalue weighted by Gasteiger charge is 2.31. The summed E-state index contributed by atoms with van der Waals surface area (Å²) in [6.45, 7) is 2.72. The summed E-state index contributed by atoms with van der Waals surface area (Å²) in [5, 5.41) is 11.9. The van der Waals surface area contributed by atoms with E-state index in [2.05, 4.69) is 42.3 Å². The van der Waals surface area contributed by atoms with Crippen molar-refractivity contribution in [1.29, 1.82) is 0 Å². The molecule has 0 radical (unpaired) electrons. The Kier molecular flexibility index (Phi) is 3.87. The third-order valence-electron chi connectivity index (χ3n) is 5.00. The largest absolute Gasteiger partial charge is 0.441 e. The average Bonchev–Trinajstić information content (AvgIpc) is 2.92. The summed E-state index contributed by atoms with van der Waals surface area (Å²) in [6.07, 6.45) is 1.57. The van der Waals surface area contributed by atoms with Crippen molar-refractivity contribution in [3.63, 3.8) is 0 Å². The molecule has 0 amide bonds. The van der Waals surface area contributed by atoms with Crippen LogP contribution in [0.15, 0.2) is 46.9 Å². The molecule has 24 heavy (non-hydrogen) atoms. The Balaban J connectivity index is 1.57. The Labute approximate surface area is 141 Å². The smallest absolute Gasteiger partial charge is 0.226 e. The van der Waals surface area contributed by atoms with E-state index in [1.165, 1.54) is 10.8 Å². The molecule has 1 aliphatic rings. The van der Waals surface area contributed by atoms with E-state index in [1.807, 2.05) is 19.1 Å². The summed E-state index contributed by atoms with van der Waals surface area (Å²) in [6, 6.07) is 15.0. The van der Waals surface area contributed by atoms with Crippen LogP contribution in [-0.2, 0) is 6.54 Å². The molecule has 1 aliphatic carbocycles. The molecule has 4 nitrogen and oxygen atoms in total. The molecule has 1 aromatic heterocycles. The molecule has 0 atom stereocenters. The Morgan fingerprint density at radius 2 is 1.92 bits per heavy atom. The zero-order valence-corrected chi connectivity index (χ0v) is 14.1. The van der Waals surface area contributed by atoms with Gasteiger partial charge in [0.05, 0.1) is 11.8 Å². The van der Waals surface area contributed by atoms with Gasteiger partial charge in [-0.2, -0.15) is 0 Å². The topological polar surface area (TPSA) is 49.5 Å². The Bertz CT molecular complexity index is 865. The van der Waals surface area contributed by atoms with Crippen LogP contribution in [0.5, 0.6) is 0 Å². The Hall–Kier alpha value is -2.17. The second-order valence-corrected chi connectivity index (χ2v) is 6.78. The van der Waals surface area contributed by atoms with Crippen molar-refractivity contribution in [1.82, 2.24) is 9.88 Å². The molecule has 1 heterocycles. The predicted molar refractivity (Wildman–Crippen MR) is 94.7 cm³/mol. The van der Waals surface area contributed by atoms with Gasteiger partial charge in [-0.3, -0.25) is 4.90 Å². The monoisotopic (exact) mass is 322 g/mol. The number of rotatable bonds is 4. The van der Waals surface area contributed by atoms with Crippen LogP contribution in [0, 0.1) is 6.92 Å². The molecular formula is C20H22N2O2. The molecule has 0 spiro atoms. The van der Waals surface area contributed by atoms with E-state index in [-0.39, 0.29) is 6.10 Å². The van der Waals surface area contributed by atoms with Gasteiger partial charge in [0, 0.05) is 18.2 Å². The van der Waals surface area contributed by atoms with Crippen LogP contribution in [-0.4, -0.2) is 34.2 Å². The molecule has 124 valence electrons. The van der Waals surface area contributed by atoms with E-state index in [0.717, 1.165) is 36.4 Å². The first-order valence-corrected chi connectivity index (χ1v) is 8.44. The third kappa shape index (κ3) is 2.83. The van der Waals surface area contributed by atoms with Gasteiger partial charge in [-0.05, 0) is 49.7 Å². The van der Waals surface area contributed by atoms with Crippen molar-refractivity contribution in [2.45, 2.75) is 38.5 Å². The first kappa shape index (κ1) is 15.4. The zero-order valence-electron chi connectivity index (χ0n) is 14.1. The minimum Gasteiger partial charge on any atom is -0.441 e. The van der Waals surface area contributed by atoms with Gasteiger partial charge in [-0.15, -0.1) is 0 Å².